The summed E-state index contributed by atoms with van der Waals surface area (Å²) >= 11 is 1.67. The van der Waals surface area contributed by atoms with Gasteiger partial charge in [-0.25, -0.2) is 4.79 Å². The molecule has 4 rings (SSSR count). The first-order valence-corrected chi connectivity index (χ1v) is 9.21. The Hall–Kier alpha value is -2.53. The first kappa shape index (κ1) is 16.0. The van der Waals surface area contributed by atoms with E-state index >= 15 is 0 Å². The number of hydrogen-bond donors (Lipinski definition) is 0. The maximum Gasteiger partial charge on any atom is 0.336 e. The minimum Gasteiger partial charge on any atom is -0.426 e. The summed E-state index contributed by atoms with van der Waals surface area (Å²) in [7, 11) is 0. The van der Waals surface area contributed by atoms with Gasteiger partial charge < -0.3 is 9.15 Å². The van der Waals surface area contributed by atoms with Crippen molar-refractivity contribution in [3.05, 3.63) is 69.6 Å². The van der Waals surface area contributed by atoms with Crippen LogP contribution in [-0.4, -0.2) is 12.2 Å². The quantitative estimate of drug-likeness (QED) is 0.298. The van der Waals surface area contributed by atoms with Gasteiger partial charge in [0.1, 0.15) is 11.3 Å². The van der Waals surface area contributed by atoms with Gasteiger partial charge in [-0.2, -0.15) is 0 Å². The minimum absolute atomic E-state index is 0.194. The number of ether oxygens (including phenoxy) is 1. The molecule has 0 bridgehead atoms. The van der Waals surface area contributed by atoms with Crippen LogP contribution in [0.1, 0.15) is 29.0 Å². The summed E-state index contributed by atoms with van der Waals surface area (Å²) in [4.78, 5) is 25.1. The maximum atomic E-state index is 12.1. The van der Waals surface area contributed by atoms with Crippen molar-refractivity contribution in [1.29, 1.82) is 0 Å². The highest BCUT2D eigenvalue weighted by molar-refractivity contribution is 7.98. The molecule has 1 aromatic heterocycles. The lowest BCUT2D eigenvalue weighted by atomic mass is 9.85. The van der Waals surface area contributed by atoms with Crippen LogP contribution < -0.4 is 10.4 Å². The Morgan fingerprint density at radius 1 is 1.08 bits per heavy atom. The van der Waals surface area contributed by atoms with Gasteiger partial charge in [0.05, 0.1) is 6.42 Å². The molecule has 0 radical (unpaired) electrons. The number of fused-ring (bicyclic) bond motifs is 3. The summed E-state index contributed by atoms with van der Waals surface area (Å²) in [5, 5.41) is 0.863. The number of carbonyl (C=O) groups is 1. The molecular formula is C20H16O4S. The highest BCUT2D eigenvalue weighted by atomic mass is 32.2. The smallest absolute Gasteiger partial charge is 0.336 e. The molecule has 0 spiro atoms. The van der Waals surface area contributed by atoms with Gasteiger partial charge >= 0.3 is 11.6 Å². The van der Waals surface area contributed by atoms with Crippen LogP contribution >= 0.6 is 11.8 Å². The van der Waals surface area contributed by atoms with Crippen LogP contribution in [0.15, 0.2) is 56.6 Å². The van der Waals surface area contributed by atoms with Crippen LogP contribution in [0.2, 0.25) is 0 Å². The maximum absolute atomic E-state index is 12.1. The van der Waals surface area contributed by atoms with Crippen LogP contribution in [0.3, 0.4) is 0 Å². The van der Waals surface area contributed by atoms with E-state index in [1.807, 2.05) is 43.5 Å². The summed E-state index contributed by atoms with van der Waals surface area (Å²) in [6.07, 6.45) is 2.25. The Morgan fingerprint density at radius 2 is 1.84 bits per heavy atom. The number of hydrogen-bond acceptors (Lipinski definition) is 5. The van der Waals surface area contributed by atoms with Crippen molar-refractivity contribution in [3.8, 4) is 5.75 Å². The number of carbonyl (C=O) groups excluding carboxylic acids is 1. The predicted molar refractivity (Wildman–Crippen MR) is 97.5 cm³/mol. The fourth-order valence-corrected chi connectivity index (χ4v) is 3.77. The number of aryl methyl sites for hydroxylation is 1. The number of benzene rings is 2. The van der Waals surface area contributed by atoms with Crippen LogP contribution in [0, 0.1) is 6.92 Å². The Kier molecular flexibility index (Phi) is 3.88. The van der Waals surface area contributed by atoms with Gasteiger partial charge in [-0.3, -0.25) is 4.79 Å². The lowest BCUT2D eigenvalue weighted by Gasteiger charge is -2.25. The van der Waals surface area contributed by atoms with E-state index in [0.29, 0.717) is 11.3 Å². The summed E-state index contributed by atoms with van der Waals surface area (Å²) in [5.41, 5.74) is 2.74. The molecular weight excluding hydrogens is 336 g/mol. The highest BCUT2D eigenvalue weighted by Gasteiger charge is 2.31. The second kappa shape index (κ2) is 6.08. The van der Waals surface area contributed by atoms with Crippen molar-refractivity contribution >= 4 is 28.7 Å². The molecule has 126 valence electrons. The molecule has 4 nitrogen and oxygen atoms in total. The van der Waals surface area contributed by atoms with Crippen LogP contribution in [0.25, 0.3) is 11.0 Å². The Labute approximate surface area is 148 Å². The van der Waals surface area contributed by atoms with Gasteiger partial charge in [0.25, 0.3) is 0 Å². The van der Waals surface area contributed by atoms with E-state index in [4.69, 9.17) is 9.15 Å². The summed E-state index contributed by atoms with van der Waals surface area (Å²) < 4.78 is 10.9. The first-order valence-electron chi connectivity index (χ1n) is 7.99. The fraction of sp³-hybridized carbons (Fsp3) is 0.200. The Balaban J connectivity index is 1.98. The number of thioether (sulfide) groups is 1. The third-order valence-corrected chi connectivity index (χ3v) is 5.32. The third-order valence-electron chi connectivity index (χ3n) is 4.58. The van der Waals surface area contributed by atoms with Crippen LogP contribution in [0.4, 0.5) is 0 Å². The van der Waals surface area contributed by atoms with E-state index in [1.54, 1.807) is 17.8 Å². The monoisotopic (exact) mass is 352 g/mol. The standard InChI is InChI=1S/C20H16O4S/c1-11-9-17(21)24-20-14(11)7-8-16-19(20)15(10-18(22)23-16)12-3-5-13(25-2)6-4-12/h3-9,15H,10H2,1-2H3/t15-/m0/s1. The molecule has 0 N–H and O–H groups in total. The minimum atomic E-state index is -0.396. The lowest BCUT2D eigenvalue weighted by molar-refractivity contribution is -0.135. The molecule has 3 aromatic rings. The zero-order chi connectivity index (χ0) is 17.6. The van der Waals surface area contributed by atoms with E-state index in [9.17, 15) is 9.59 Å². The summed E-state index contributed by atoms with van der Waals surface area (Å²) in [6.45, 7) is 1.88. The van der Waals surface area contributed by atoms with Gasteiger partial charge in [0, 0.05) is 27.8 Å². The second-order valence-corrected chi connectivity index (χ2v) is 6.99. The molecule has 0 amide bonds. The van der Waals surface area contributed by atoms with E-state index in [0.717, 1.165) is 27.0 Å². The van der Waals surface area contributed by atoms with Gasteiger partial charge in [0.2, 0.25) is 0 Å². The molecule has 1 aliphatic rings. The van der Waals surface area contributed by atoms with Crippen molar-refractivity contribution in [2.45, 2.75) is 24.2 Å². The Bertz CT molecular complexity index is 1030. The molecule has 0 saturated carbocycles. The largest absolute Gasteiger partial charge is 0.426 e. The summed E-state index contributed by atoms with van der Waals surface area (Å²) in [6, 6.07) is 13.2. The molecule has 1 atom stereocenters. The van der Waals surface area contributed by atoms with Crippen LogP contribution in [0.5, 0.6) is 5.75 Å². The SMILES string of the molecule is CSc1ccc([C@@H]2CC(=O)Oc3ccc4c(C)cc(=O)oc4c32)cc1. The fourth-order valence-electron chi connectivity index (χ4n) is 3.36. The van der Waals surface area contributed by atoms with Crippen molar-refractivity contribution in [1.82, 2.24) is 0 Å². The molecule has 0 unspecified atom stereocenters. The highest BCUT2D eigenvalue weighted by Crippen LogP contribution is 2.43. The first-order chi connectivity index (χ1) is 12.1. The average molecular weight is 352 g/mol. The van der Waals surface area contributed by atoms with E-state index in [2.05, 4.69) is 0 Å². The molecule has 25 heavy (non-hydrogen) atoms. The second-order valence-electron chi connectivity index (χ2n) is 6.11. The van der Waals surface area contributed by atoms with Crippen LogP contribution in [-0.2, 0) is 4.79 Å². The lowest BCUT2D eigenvalue weighted by Crippen LogP contribution is -2.21. The summed E-state index contributed by atoms with van der Waals surface area (Å²) in [5.74, 6) is -0.00181. The molecule has 2 aromatic carbocycles. The zero-order valence-electron chi connectivity index (χ0n) is 13.9. The normalized spacial score (nSPS) is 16.6. The van der Waals surface area contributed by atoms with Gasteiger partial charge in [-0.1, -0.05) is 12.1 Å². The van der Waals surface area contributed by atoms with Crippen molar-refractivity contribution in [3.63, 3.8) is 0 Å². The topological polar surface area (TPSA) is 56.5 Å². The van der Waals surface area contributed by atoms with Crippen molar-refractivity contribution in [2.75, 3.05) is 6.26 Å². The van der Waals surface area contributed by atoms with E-state index < -0.39 is 5.63 Å². The van der Waals surface area contributed by atoms with Gasteiger partial charge in [0.15, 0.2) is 0 Å². The van der Waals surface area contributed by atoms with Gasteiger partial charge in [-0.15, -0.1) is 11.8 Å². The van der Waals surface area contributed by atoms with E-state index in [-0.39, 0.29) is 18.3 Å². The number of rotatable bonds is 2. The predicted octanol–water partition coefficient (Wildman–Crippen LogP) is 4.26. The zero-order valence-corrected chi connectivity index (χ0v) is 14.7. The molecule has 2 heterocycles. The third kappa shape index (κ3) is 2.74. The van der Waals surface area contributed by atoms with Gasteiger partial charge in [-0.05, 0) is 48.6 Å². The molecule has 5 heteroatoms. The molecule has 0 saturated heterocycles. The average Bonchev–Trinajstić information content (AvgIpc) is 2.60. The Morgan fingerprint density at radius 3 is 2.56 bits per heavy atom. The van der Waals surface area contributed by atoms with Crippen molar-refractivity contribution in [2.24, 2.45) is 0 Å². The molecule has 1 aliphatic heterocycles. The van der Waals surface area contributed by atoms with Crippen molar-refractivity contribution < 1.29 is 13.9 Å². The number of esters is 1. The van der Waals surface area contributed by atoms with E-state index in [1.165, 1.54) is 6.07 Å². The molecule has 0 fully saturated rings. The molecule has 0 aliphatic carbocycles.